The third-order valence-electron chi connectivity index (χ3n) is 4.51. The zero-order valence-electron chi connectivity index (χ0n) is 11.3. The van der Waals surface area contributed by atoms with Gasteiger partial charge in [0.05, 0.1) is 4.92 Å². The highest BCUT2D eigenvalue weighted by Crippen LogP contribution is 2.45. The minimum absolute atomic E-state index is 0.232. The molecule has 0 saturated heterocycles. The molecular formula is C15H17FN2O2. The van der Waals surface area contributed by atoms with Gasteiger partial charge in [-0.05, 0) is 43.6 Å². The highest BCUT2D eigenvalue weighted by molar-refractivity contribution is 5.50. The molecule has 2 bridgehead atoms. The number of rotatable bonds is 4. The molecule has 4 unspecified atom stereocenters. The van der Waals surface area contributed by atoms with Crippen LogP contribution in [0.15, 0.2) is 30.4 Å². The summed E-state index contributed by atoms with van der Waals surface area (Å²) >= 11 is 0. The number of hydrogen-bond donors (Lipinski definition) is 1. The Balaban J connectivity index is 1.70. The molecule has 0 amide bonds. The van der Waals surface area contributed by atoms with Gasteiger partial charge in [-0.3, -0.25) is 10.1 Å². The lowest BCUT2D eigenvalue weighted by molar-refractivity contribution is -0.387. The molecule has 0 aromatic heterocycles. The Hall–Kier alpha value is -1.91. The van der Waals surface area contributed by atoms with E-state index < -0.39 is 16.4 Å². The number of nitro benzene ring substituents is 1. The zero-order valence-corrected chi connectivity index (χ0v) is 11.3. The molecule has 1 aromatic rings. The molecule has 1 aromatic carbocycles. The average molecular weight is 276 g/mol. The van der Waals surface area contributed by atoms with Crippen molar-refractivity contribution in [3.8, 4) is 0 Å². The van der Waals surface area contributed by atoms with Crippen LogP contribution in [0.2, 0.25) is 0 Å². The van der Waals surface area contributed by atoms with E-state index in [0.717, 1.165) is 0 Å². The van der Waals surface area contributed by atoms with Crippen LogP contribution in [0.3, 0.4) is 0 Å². The van der Waals surface area contributed by atoms with Crippen molar-refractivity contribution in [2.75, 3.05) is 5.32 Å². The lowest BCUT2D eigenvalue weighted by Gasteiger charge is -2.27. The van der Waals surface area contributed by atoms with E-state index in [2.05, 4.69) is 24.4 Å². The molecule has 5 heteroatoms. The van der Waals surface area contributed by atoms with Gasteiger partial charge in [0.15, 0.2) is 0 Å². The fourth-order valence-electron chi connectivity index (χ4n) is 3.51. The van der Waals surface area contributed by atoms with Gasteiger partial charge in [0.2, 0.25) is 5.82 Å². The molecule has 1 saturated carbocycles. The maximum atomic E-state index is 13.6. The molecule has 0 radical (unpaired) electrons. The van der Waals surface area contributed by atoms with Crippen LogP contribution in [-0.4, -0.2) is 11.0 Å². The summed E-state index contributed by atoms with van der Waals surface area (Å²) < 4.78 is 13.6. The Morgan fingerprint density at radius 2 is 2.20 bits per heavy atom. The number of anilines is 1. The lowest BCUT2D eigenvalue weighted by Crippen LogP contribution is -2.28. The van der Waals surface area contributed by atoms with E-state index in [-0.39, 0.29) is 6.04 Å². The monoisotopic (exact) mass is 276 g/mol. The standard InChI is InChI=1S/C15H17FN2O2/c1-9(13-7-10-2-3-11(13)6-10)17-12-4-5-15(18(19)20)14(16)8-12/h2-5,8-11,13,17H,6-7H2,1H3. The Bertz CT molecular complexity index is 573. The van der Waals surface area contributed by atoms with Gasteiger partial charge >= 0.3 is 5.69 Å². The summed E-state index contributed by atoms with van der Waals surface area (Å²) in [6.07, 6.45) is 6.98. The number of hydrogen-bond acceptors (Lipinski definition) is 3. The fourth-order valence-corrected chi connectivity index (χ4v) is 3.51. The summed E-state index contributed by atoms with van der Waals surface area (Å²) in [5.41, 5.74) is 0.124. The van der Waals surface area contributed by atoms with E-state index in [1.807, 2.05) is 0 Å². The molecule has 2 aliphatic carbocycles. The SMILES string of the molecule is CC(Nc1ccc([N+](=O)[O-])c(F)c1)C1CC2C=CC1C2. The van der Waals surface area contributed by atoms with Crippen LogP contribution in [0.25, 0.3) is 0 Å². The molecular weight excluding hydrogens is 259 g/mol. The highest BCUT2D eigenvalue weighted by atomic mass is 19.1. The number of nitrogens with one attached hydrogen (secondary N) is 1. The molecule has 0 heterocycles. The van der Waals surface area contributed by atoms with Crippen LogP contribution in [0.4, 0.5) is 15.8 Å². The van der Waals surface area contributed by atoms with Gasteiger partial charge in [0.1, 0.15) is 0 Å². The van der Waals surface area contributed by atoms with Gasteiger partial charge in [-0.2, -0.15) is 4.39 Å². The maximum absolute atomic E-state index is 13.6. The lowest BCUT2D eigenvalue weighted by atomic mass is 9.87. The summed E-state index contributed by atoms with van der Waals surface area (Å²) in [5, 5.41) is 13.9. The van der Waals surface area contributed by atoms with Crippen LogP contribution in [0.1, 0.15) is 19.8 Å². The van der Waals surface area contributed by atoms with Crippen LogP contribution >= 0.6 is 0 Å². The number of allylic oxidation sites excluding steroid dienone is 2. The van der Waals surface area contributed by atoms with E-state index in [0.29, 0.717) is 23.4 Å². The Morgan fingerprint density at radius 1 is 1.40 bits per heavy atom. The summed E-state index contributed by atoms with van der Waals surface area (Å²) in [6.45, 7) is 2.10. The fraction of sp³-hybridized carbons (Fsp3) is 0.467. The zero-order chi connectivity index (χ0) is 14.3. The van der Waals surface area contributed by atoms with E-state index in [1.54, 1.807) is 6.07 Å². The predicted octanol–water partition coefficient (Wildman–Crippen LogP) is 3.75. The third-order valence-corrected chi connectivity index (χ3v) is 4.51. The van der Waals surface area contributed by atoms with E-state index in [4.69, 9.17) is 0 Å². The second kappa shape index (κ2) is 4.89. The van der Waals surface area contributed by atoms with Crippen LogP contribution < -0.4 is 5.32 Å². The molecule has 20 heavy (non-hydrogen) atoms. The summed E-state index contributed by atoms with van der Waals surface area (Å²) in [4.78, 5) is 9.88. The predicted molar refractivity (Wildman–Crippen MR) is 75.0 cm³/mol. The van der Waals surface area contributed by atoms with Crippen molar-refractivity contribution in [1.29, 1.82) is 0 Å². The van der Waals surface area contributed by atoms with Gasteiger partial charge in [0, 0.05) is 23.9 Å². The molecule has 1 N–H and O–H groups in total. The van der Waals surface area contributed by atoms with Gasteiger partial charge in [-0.25, -0.2) is 0 Å². The van der Waals surface area contributed by atoms with Crippen LogP contribution in [-0.2, 0) is 0 Å². The number of fused-ring (bicyclic) bond motifs is 2. The molecule has 1 fully saturated rings. The topological polar surface area (TPSA) is 55.2 Å². The van der Waals surface area contributed by atoms with Gasteiger partial charge in [-0.15, -0.1) is 0 Å². The summed E-state index contributed by atoms with van der Waals surface area (Å²) in [7, 11) is 0. The van der Waals surface area contributed by atoms with Gasteiger partial charge < -0.3 is 5.32 Å². The molecule has 0 spiro atoms. The van der Waals surface area contributed by atoms with Gasteiger partial charge in [-0.1, -0.05) is 12.2 Å². The maximum Gasteiger partial charge on any atom is 0.304 e. The Morgan fingerprint density at radius 3 is 2.75 bits per heavy atom. The smallest absolute Gasteiger partial charge is 0.304 e. The Kier molecular flexibility index (Phi) is 3.20. The van der Waals surface area contributed by atoms with Crippen molar-refractivity contribution in [3.63, 3.8) is 0 Å². The van der Waals surface area contributed by atoms with E-state index >= 15 is 0 Å². The molecule has 106 valence electrons. The van der Waals surface area contributed by atoms with Gasteiger partial charge in [0.25, 0.3) is 0 Å². The first-order valence-corrected chi connectivity index (χ1v) is 6.93. The van der Waals surface area contributed by atoms with Crippen molar-refractivity contribution in [2.45, 2.75) is 25.8 Å². The number of halogens is 1. The number of nitrogens with zero attached hydrogens (tertiary/aromatic N) is 1. The minimum Gasteiger partial charge on any atom is -0.382 e. The second-order valence-electron chi connectivity index (χ2n) is 5.80. The number of nitro groups is 1. The van der Waals surface area contributed by atoms with Crippen LogP contribution in [0.5, 0.6) is 0 Å². The normalized spacial score (nSPS) is 28.6. The second-order valence-corrected chi connectivity index (χ2v) is 5.80. The minimum atomic E-state index is -0.792. The van der Waals surface area contributed by atoms with Crippen molar-refractivity contribution in [3.05, 3.63) is 46.3 Å². The number of benzene rings is 1. The quantitative estimate of drug-likeness (QED) is 0.517. The molecule has 2 aliphatic rings. The van der Waals surface area contributed by atoms with E-state index in [1.165, 1.54) is 25.0 Å². The Labute approximate surface area is 116 Å². The van der Waals surface area contributed by atoms with Crippen molar-refractivity contribution in [1.82, 2.24) is 0 Å². The first-order chi connectivity index (χ1) is 9.54. The van der Waals surface area contributed by atoms with Crippen molar-refractivity contribution < 1.29 is 9.31 Å². The third kappa shape index (κ3) is 2.28. The largest absolute Gasteiger partial charge is 0.382 e. The summed E-state index contributed by atoms with van der Waals surface area (Å²) in [5.74, 6) is 1.08. The average Bonchev–Trinajstić information content (AvgIpc) is 3.00. The molecule has 3 rings (SSSR count). The first kappa shape index (κ1) is 13.1. The van der Waals surface area contributed by atoms with Crippen molar-refractivity contribution in [2.24, 2.45) is 17.8 Å². The van der Waals surface area contributed by atoms with Crippen LogP contribution in [0, 0.1) is 33.7 Å². The van der Waals surface area contributed by atoms with E-state index in [9.17, 15) is 14.5 Å². The van der Waals surface area contributed by atoms with Crippen molar-refractivity contribution >= 4 is 11.4 Å². The highest BCUT2D eigenvalue weighted by Gasteiger charge is 2.38. The first-order valence-electron chi connectivity index (χ1n) is 6.93. The molecule has 0 aliphatic heterocycles. The molecule has 4 atom stereocenters. The molecule has 4 nitrogen and oxygen atoms in total. The summed E-state index contributed by atoms with van der Waals surface area (Å²) in [6, 6.07) is 4.22.